The molecule has 0 saturated heterocycles. The lowest BCUT2D eigenvalue weighted by Gasteiger charge is -2.09. The molecule has 3 rings (SSSR count). The molecule has 3 heteroatoms. The van der Waals surface area contributed by atoms with Gasteiger partial charge in [-0.25, -0.2) is 0 Å². The first-order chi connectivity index (χ1) is 10.2. The molecule has 0 aliphatic rings. The summed E-state index contributed by atoms with van der Waals surface area (Å²) in [5.74, 6) is 1.73. The van der Waals surface area contributed by atoms with Crippen molar-refractivity contribution in [1.29, 1.82) is 0 Å². The van der Waals surface area contributed by atoms with Crippen molar-refractivity contribution in [3.63, 3.8) is 0 Å². The summed E-state index contributed by atoms with van der Waals surface area (Å²) >= 11 is 8.11. The molecule has 1 aromatic heterocycles. The third kappa shape index (κ3) is 2.74. The van der Waals surface area contributed by atoms with Crippen LogP contribution in [0.1, 0.15) is 5.76 Å². The van der Waals surface area contributed by atoms with Crippen molar-refractivity contribution in [2.45, 2.75) is 11.8 Å². The van der Waals surface area contributed by atoms with Crippen LogP contribution in [-0.4, -0.2) is 6.26 Å². The zero-order valence-electron chi connectivity index (χ0n) is 11.9. The Morgan fingerprint density at radius 3 is 2.48 bits per heavy atom. The van der Waals surface area contributed by atoms with E-state index in [1.807, 2.05) is 43.5 Å². The summed E-state index contributed by atoms with van der Waals surface area (Å²) in [7, 11) is 0. The first-order valence-electron chi connectivity index (χ1n) is 6.69. The Hall–Kier alpha value is -1.64. The number of rotatable bonds is 3. The Balaban J connectivity index is 2.26. The second-order valence-corrected chi connectivity index (χ2v) is 6.04. The van der Waals surface area contributed by atoms with Gasteiger partial charge in [0.15, 0.2) is 0 Å². The Kier molecular flexibility index (Phi) is 4.09. The summed E-state index contributed by atoms with van der Waals surface area (Å²) in [6.45, 7) is 1.96. The van der Waals surface area contributed by atoms with Crippen molar-refractivity contribution in [3.05, 3.63) is 65.4 Å². The third-order valence-corrected chi connectivity index (χ3v) is 4.46. The highest BCUT2D eigenvalue weighted by molar-refractivity contribution is 7.98. The van der Waals surface area contributed by atoms with E-state index in [-0.39, 0.29) is 0 Å². The van der Waals surface area contributed by atoms with Gasteiger partial charge in [0.2, 0.25) is 0 Å². The van der Waals surface area contributed by atoms with Gasteiger partial charge in [-0.15, -0.1) is 11.8 Å². The van der Waals surface area contributed by atoms with Crippen LogP contribution in [0.5, 0.6) is 0 Å². The molecule has 0 aliphatic heterocycles. The molecule has 106 valence electrons. The molecule has 0 bridgehead atoms. The van der Waals surface area contributed by atoms with Crippen LogP contribution in [0.3, 0.4) is 0 Å². The van der Waals surface area contributed by atoms with E-state index in [9.17, 15) is 0 Å². The van der Waals surface area contributed by atoms with Gasteiger partial charge in [0.1, 0.15) is 11.5 Å². The number of benzene rings is 2. The van der Waals surface area contributed by atoms with Crippen LogP contribution < -0.4 is 0 Å². The maximum atomic E-state index is 6.44. The molecule has 0 radical (unpaired) electrons. The molecule has 0 atom stereocenters. The van der Waals surface area contributed by atoms with Crippen LogP contribution in [0.2, 0.25) is 5.02 Å². The lowest BCUT2D eigenvalue weighted by Crippen LogP contribution is -1.85. The Bertz CT molecular complexity index is 762. The number of furan rings is 1. The standard InChI is InChI=1S/C18H15ClOS/c1-12-11-14(13-7-4-3-5-8-13)18(20-12)17-15(19)9-6-10-16(17)21-2/h3-11H,1-2H3. The zero-order valence-corrected chi connectivity index (χ0v) is 13.5. The minimum atomic E-state index is 0.716. The van der Waals surface area contributed by atoms with Gasteiger partial charge in [-0.3, -0.25) is 0 Å². The van der Waals surface area contributed by atoms with Crippen LogP contribution in [0.25, 0.3) is 22.5 Å². The van der Waals surface area contributed by atoms with Crippen LogP contribution in [0, 0.1) is 6.92 Å². The van der Waals surface area contributed by atoms with Gasteiger partial charge in [0.05, 0.1) is 10.6 Å². The van der Waals surface area contributed by atoms with E-state index < -0.39 is 0 Å². The van der Waals surface area contributed by atoms with Gasteiger partial charge in [-0.1, -0.05) is 48.0 Å². The maximum absolute atomic E-state index is 6.44. The van der Waals surface area contributed by atoms with Crippen LogP contribution in [-0.2, 0) is 0 Å². The van der Waals surface area contributed by atoms with E-state index in [0.29, 0.717) is 5.02 Å². The first kappa shape index (κ1) is 14.3. The summed E-state index contributed by atoms with van der Waals surface area (Å²) in [5.41, 5.74) is 3.19. The summed E-state index contributed by atoms with van der Waals surface area (Å²) in [5, 5.41) is 0.716. The summed E-state index contributed by atoms with van der Waals surface area (Å²) in [6, 6.07) is 18.3. The second-order valence-electron chi connectivity index (χ2n) is 4.78. The molecule has 0 unspecified atom stereocenters. The van der Waals surface area contributed by atoms with Crippen molar-refractivity contribution >= 4 is 23.4 Å². The molecule has 3 aromatic rings. The highest BCUT2D eigenvalue weighted by Crippen LogP contribution is 2.42. The van der Waals surface area contributed by atoms with E-state index in [0.717, 1.165) is 33.1 Å². The largest absolute Gasteiger partial charge is 0.461 e. The molecular weight excluding hydrogens is 300 g/mol. The Labute approximate surface area is 133 Å². The second kappa shape index (κ2) is 6.00. The van der Waals surface area contributed by atoms with Gasteiger partial charge >= 0.3 is 0 Å². The predicted octanol–water partition coefficient (Wildman–Crippen LogP) is 6.30. The minimum Gasteiger partial charge on any atom is -0.461 e. The molecule has 1 nitrogen and oxygen atoms in total. The molecule has 0 spiro atoms. The van der Waals surface area contributed by atoms with E-state index in [4.69, 9.17) is 16.0 Å². The summed E-state index contributed by atoms with van der Waals surface area (Å²) in [6.07, 6.45) is 2.05. The zero-order chi connectivity index (χ0) is 14.8. The monoisotopic (exact) mass is 314 g/mol. The third-order valence-electron chi connectivity index (χ3n) is 3.36. The van der Waals surface area contributed by atoms with Crippen molar-refractivity contribution in [2.75, 3.05) is 6.26 Å². The number of hydrogen-bond acceptors (Lipinski definition) is 2. The summed E-state index contributed by atoms with van der Waals surface area (Å²) in [4.78, 5) is 1.12. The minimum absolute atomic E-state index is 0.716. The highest BCUT2D eigenvalue weighted by atomic mass is 35.5. The maximum Gasteiger partial charge on any atom is 0.144 e. The number of thioether (sulfide) groups is 1. The summed E-state index contributed by atoms with van der Waals surface area (Å²) < 4.78 is 5.98. The molecule has 0 amide bonds. The fourth-order valence-electron chi connectivity index (χ4n) is 2.43. The van der Waals surface area contributed by atoms with Crippen molar-refractivity contribution < 1.29 is 4.42 Å². The molecule has 0 N–H and O–H groups in total. The molecule has 0 fully saturated rings. The van der Waals surface area contributed by atoms with Gasteiger partial charge in [-0.05, 0) is 36.9 Å². The van der Waals surface area contributed by atoms with Crippen LogP contribution >= 0.6 is 23.4 Å². The van der Waals surface area contributed by atoms with Crippen molar-refractivity contribution in [2.24, 2.45) is 0 Å². The average Bonchev–Trinajstić information content (AvgIpc) is 2.89. The molecular formula is C18H15ClOS. The predicted molar refractivity (Wildman–Crippen MR) is 91.1 cm³/mol. The fraction of sp³-hybridized carbons (Fsp3) is 0.111. The average molecular weight is 315 g/mol. The van der Waals surface area contributed by atoms with Gasteiger partial charge in [0, 0.05) is 10.5 Å². The number of halogens is 1. The topological polar surface area (TPSA) is 13.1 Å². The Morgan fingerprint density at radius 2 is 1.76 bits per heavy atom. The van der Waals surface area contributed by atoms with Crippen molar-refractivity contribution in [1.82, 2.24) is 0 Å². The molecule has 1 heterocycles. The normalized spacial score (nSPS) is 10.8. The van der Waals surface area contributed by atoms with E-state index >= 15 is 0 Å². The Morgan fingerprint density at radius 1 is 1.00 bits per heavy atom. The fourth-order valence-corrected chi connectivity index (χ4v) is 3.36. The SMILES string of the molecule is CSc1cccc(Cl)c1-c1oc(C)cc1-c1ccccc1. The molecule has 0 saturated carbocycles. The van der Waals surface area contributed by atoms with E-state index in [2.05, 4.69) is 24.3 Å². The molecule has 21 heavy (non-hydrogen) atoms. The molecule has 2 aromatic carbocycles. The van der Waals surface area contributed by atoms with E-state index in [1.54, 1.807) is 11.8 Å². The first-order valence-corrected chi connectivity index (χ1v) is 8.29. The number of aryl methyl sites for hydroxylation is 1. The van der Waals surface area contributed by atoms with Gasteiger partial charge in [0.25, 0.3) is 0 Å². The van der Waals surface area contributed by atoms with Gasteiger partial charge in [-0.2, -0.15) is 0 Å². The lowest BCUT2D eigenvalue weighted by molar-refractivity contribution is 0.548. The molecule has 0 aliphatic carbocycles. The van der Waals surface area contributed by atoms with Gasteiger partial charge < -0.3 is 4.42 Å². The van der Waals surface area contributed by atoms with E-state index in [1.165, 1.54) is 0 Å². The number of hydrogen-bond donors (Lipinski definition) is 0. The lowest BCUT2D eigenvalue weighted by atomic mass is 10.0. The van der Waals surface area contributed by atoms with Crippen LogP contribution in [0.4, 0.5) is 0 Å². The van der Waals surface area contributed by atoms with Crippen LogP contribution in [0.15, 0.2) is 63.9 Å². The smallest absolute Gasteiger partial charge is 0.144 e. The van der Waals surface area contributed by atoms with Crippen molar-refractivity contribution in [3.8, 4) is 22.5 Å². The highest BCUT2D eigenvalue weighted by Gasteiger charge is 2.18. The quantitative estimate of drug-likeness (QED) is 0.526.